The molecule has 0 amide bonds. The first-order chi connectivity index (χ1) is 19.1. The maximum absolute atomic E-state index is 13.3. The first-order valence-corrected chi connectivity index (χ1v) is 16.2. The predicted octanol–water partition coefficient (Wildman–Crippen LogP) is 2.09. The van der Waals surface area contributed by atoms with E-state index < -0.39 is 26.2 Å². The molecule has 12 heteroatoms. The first kappa shape index (κ1) is 28.9. The van der Waals surface area contributed by atoms with Gasteiger partial charge >= 0.3 is 0 Å². The van der Waals surface area contributed by atoms with Crippen LogP contribution in [0, 0.1) is 0 Å². The summed E-state index contributed by atoms with van der Waals surface area (Å²) in [6.07, 6.45) is 1.13. The average molecular weight is 590 g/mol. The van der Waals surface area contributed by atoms with Crippen molar-refractivity contribution in [3.63, 3.8) is 0 Å². The van der Waals surface area contributed by atoms with E-state index in [2.05, 4.69) is 10.0 Å². The molecular weight excluding hydrogens is 554 g/mol. The van der Waals surface area contributed by atoms with Gasteiger partial charge in [0.05, 0.1) is 22.0 Å². The fraction of sp³-hybridized carbons (Fsp3) is 0.429. The molecule has 0 aromatic heterocycles. The van der Waals surface area contributed by atoms with Gasteiger partial charge in [-0.15, -0.1) is 0 Å². The number of aliphatic hydroxyl groups is 1. The lowest BCUT2D eigenvalue weighted by Crippen LogP contribution is -2.47. The van der Waals surface area contributed by atoms with E-state index in [0.717, 1.165) is 17.2 Å². The summed E-state index contributed by atoms with van der Waals surface area (Å²) in [5.41, 5.74) is -0.381. The van der Waals surface area contributed by atoms with E-state index in [-0.39, 0.29) is 29.7 Å². The molecule has 0 bridgehead atoms. The molecule has 2 aliphatic heterocycles. The second-order valence-electron chi connectivity index (χ2n) is 10.4. The van der Waals surface area contributed by atoms with Crippen molar-refractivity contribution in [2.24, 2.45) is 0 Å². The number of hydrogen-bond donors (Lipinski definition) is 3. The Balaban J connectivity index is 1.09. The molecule has 40 heavy (non-hydrogen) atoms. The topological polar surface area (TPSA) is 134 Å². The van der Waals surface area contributed by atoms with E-state index in [9.17, 15) is 21.9 Å². The van der Waals surface area contributed by atoms with Crippen molar-refractivity contribution in [3.05, 3.63) is 66.7 Å². The molecule has 3 aromatic rings. The van der Waals surface area contributed by atoms with Crippen LogP contribution in [-0.2, 0) is 24.8 Å². The lowest BCUT2D eigenvalue weighted by molar-refractivity contribution is -0.0312. The SMILES string of the molecule is CNS(=O)(=O)c1cccc(OC[C@@H](O)CN[C@@H]2COC3(CCN(S(=O)(=O)c4ccc5ccccc5c4)CC3)C2)c1. The number of hydrogen-bond acceptors (Lipinski definition) is 8. The Hall–Kier alpha value is -2.58. The molecule has 10 nitrogen and oxygen atoms in total. The van der Waals surface area contributed by atoms with Crippen LogP contribution >= 0.6 is 0 Å². The third-order valence-electron chi connectivity index (χ3n) is 7.67. The predicted molar refractivity (Wildman–Crippen MR) is 151 cm³/mol. The summed E-state index contributed by atoms with van der Waals surface area (Å²) in [4.78, 5) is 0.394. The summed E-state index contributed by atoms with van der Waals surface area (Å²) in [5.74, 6) is 0.351. The largest absolute Gasteiger partial charge is 0.491 e. The third-order valence-corrected chi connectivity index (χ3v) is 11.0. The molecule has 1 spiro atoms. The second kappa shape index (κ2) is 11.7. The molecule has 2 saturated heterocycles. The number of ether oxygens (including phenoxy) is 2. The van der Waals surface area contributed by atoms with Crippen LogP contribution < -0.4 is 14.8 Å². The van der Waals surface area contributed by atoms with Crippen LogP contribution in [0.25, 0.3) is 10.8 Å². The number of piperidine rings is 1. The van der Waals surface area contributed by atoms with Gasteiger partial charge in [-0.05, 0) is 61.3 Å². The second-order valence-corrected chi connectivity index (χ2v) is 14.2. The van der Waals surface area contributed by atoms with Gasteiger partial charge in [0.25, 0.3) is 0 Å². The van der Waals surface area contributed by atoms with Crippen molar-refractivity contribution in [3.8, 4) is 5.75 Å². The van der Waals surface area contributed by atoms with Gasteiger partial charge in [0.15, 0.2) is 0 Å². The standard InChI is InChI=1S/C28H35N3O7S2/c1-29-39(33,34)26-8-4-7-25(16-26)37-20-24(32)18-30-23-17-28(38-19-23)11-13-31(14-12-28)40(35,36)27-10-9-21-5-2-3-6-22(21)15-27/h2-10,15-16,23-24,29-30,32H,11-14,17-20H2,1H3/t23-,24-/m0/s1. The smallest absolute Gasteiger partial charge is 0.243 e. The Kier molecular flexibility index (Phi) is 8.48. The molecule has 0 saturated carbocycles. The monoisotopic (exact) mass is 589 g/mol. The normalized spacial score (nSPS) is 20.6. The van der Waals surface area contributed by atoms with Gasteiger partial charge in [0.1, 0.15) is 18.5 Å². The molecule has 5 rings (SSSR count). The van der Waals surface area contributed by atoms with Gasteiger partial charge in [-0.2, -0.15) is 4.31 Å². The number of aliphatic hydroxyl groups excluding tert-OH is 1. The Bertz CT molecular complexity index is 1550. The zero-order chi connectivity index (χ0) is 28.4. The minimum absolute atomic E-state index is 0.00360. The molecule has 0 radical (unpaired) electrons. The van der Waals surface area contributed by atoms with E-state index in [1.165, 1.54) is 19.2 Å². The van der Waals surface area contributed by atoms with Crippen molar-refractivity contribution in [2.75, 3.05) is 39.9 Å². The van der Waals surface area contributed by atoms with Crippen LogP contribution in [0.5, 0.6) is 5.75 Å². The minimum Gasteiger partial charge on any atom is -0.491 e. The molecule has 3 aromatic carbocycles. The van der Waals surface area contributed by atoms with E-state index in [1.807, 2.05) is 30.3 Å². The fourth-order valence-electron chi connectivity index (χ4n) is 5.34. The molecule has 0 aliphatic carbocycles. The maximum atomic E-state index is 13.3. The Morgan fingerprint density at radius 1 is 1.00 bits per heavy atom. The maximum Gasteiger partial charge on any atom is 0.243 e. The highest BCUT2D eigenvalue weighted by atomic mass is 32.2. The van der Waals surface area contributed by atoms with Gasteiger partial charge in [0.2, 0.25) is 20.0 Å². The number of nitrogens with zero attached hydrogens (tertiary/aromatic N) is 1. The molecule has 2 atom stereocenters. The van der Waals surface area contributed by atoms with Gasteiger partial charge in [-0.3, -0.25) is 0 Å². The van der Waals surface area contributed by atoms with Crippen molar-refractivity contribution in [1.29, 1.82) is 0 Å². The molecule has 216 valence electrons. The number of sulfonamides is 2. The highest BCUT2D eigenvalue weighted by Gasteiger charge is 2.44. The van der Waals surface area contributed by atoms with E-state index in [4.69, 9.17) is 9.47 Å². The summed E-state index contributed by atoms with van der Waals surface area (Å²) in [6, 6.07) is 19.1. The average Bonchev–Trinajstić information content (AvgIpc) is 3.37. The van der Waals surface area contributed by atoms with Crippen LogP contribution in [0.1, 0.15) is 19.3 Å². The summed E-state index contributed by atoms with van der Waals surface area (Å²) >= 11 is 0. The van der Waals surface area contributed by atoms with Crippen molar-refractivity contribution >= 4 is 30.8 Å². The Labute approximate surface area is 235 Å². The molecule has 3 N–H and O–H groups in total. The van der Waals surface area contributed by atoms with Crippen LogP contribution in [0.15, 0.2) is 76.5 Å². The van der Waals surface area contributed by atoms with Crippen molar-refractivity contribution in [2.45, 2.75) is 46.8 Å². The highest BCUT2D eigenvalue weighted by molar-refractivity contribution is 7.89. The van der Waals surface area contributed by atoms with Crippen molar-refractivity contribution < 1.29 is 31.4 Å². The fourth-order valence-corrected chi connectivity index (χ4v) is 7.58. The van der Waals surface area contributed by atoms with Crippen LogP contribution in [0.2, 0.25) is 0 Å². The minimum atomic E-state index is -3.60. The third kappa shape index (κ3) is 6.33. The van der Waals surface area contributed by atoms with Crippen LogP contribution in [-0.4, -0.2) is 83.9 Å². The summed E-state index contributed by atoms with van der Waals surface area (Å²) < 4.78 is 66.2. The summed E-state index contributed by atoms with van der Waals surface area (Å²) in [7, 11) is -5.84. The number of nitrogens with one attached hydrogen (secondary N) is 2. The quantitative estimate of drug-likeness (QED) is 0.327. The van der Waals surface area contributed by atoms with Crippen LogP contribution in [0.4, 0.5) is 0 Å². The van der Waals surface area contributed by atoms with E-state index in [1.54, 1.807) is 28.6 Å². The molecular formula is C28H35N3O7S2. The first-order valence-electron chi connectivity index (χ1n) is 13.3. The van der Waals surface area contributed by atoms with Crippen LogP contribution in [0.3, 0.4) is 0 Å². The van der Waals surface area contributed by atoms with Gasteiger partial charge in [-0.1, -0.05) is 36.4 Å². The lowest BCUT2D eigenvalue weighted by atomic mass is 9.88. The van der Waals surface area contributed by atoms with E-state index in [0.29, 0.717) is 43.2 Å². The van der Waals surface area contributed by atoms with E-state index >= 15 is 0 Å². The van der Waals surface area contributed by atoms with Crippen molar-refractivity contribution in [1.82, 2.24) is 14.3 Å². The number of benzene rings is 3. The number of fused-ring (bicyclic) bond motifs is 1. The Morgan fingerprint density at radius 2 is 1.75 bits per heavy atom. The highest BCUT2D eigenvalue weighted by Crippen LogP contribution is 2.37. The zero-order valence-electron chi connectivity index (χ0n) is 22.3. The Morgan fingerprint density at radius 3 is 2.50 bits per heavy atom. The summed E-state index contributed by atoms with van der Waals surface area (Å²) in [6.45, 7) is 1.54. The molecule has 2 fully saturated rings. The number of rotatable bonds is 10. The van der Waals surface area contributed by atoms with Gasteiger partial charge < -0.3 is 19.9 Å². The zero-order valence-corrected chi connectivity index (χ0v) is 24.0. The molecule has 0 unspecified atom stereocenters. The van der Waals surface area contributed by atoms with Gasteiger partial charge in [0, 0.05) is 31.7 Å². The lowest BCUT2D eigenvalue weighted by Gasteiger charge is -2.38. The summed E-state index contributed by atoms with van der Waals surface area (Å²) in [5, 5.41) is 15.6. The van der Waals surface area contributed by atoms with Gasteiger partial charge in [-0.25, -0.2) is 21.6 Å². The molecule has 2 heterocycles. The molecule has 2 aliphatic rings.